The molecule has 6 N–H and O–H groups in total. The van der Waals surface area contributed by atoms with Gasteiger partial charge in [-0.3, -0.25) is 9.59 Å². The fourth-order valence-corrected chi connectivity index (χ4v) is 1.98. The molecule has 19 heavy (non-hydrogen) atoms. The van der Waals surface area contributed by atoms with Crippen molar-refractivity contribution in [2.75, 3.05) is 5.32 Å². The molecule has 1 saturated carbocycles. The van der Waals surface area contributed by atoms with E-state index in [0.29, 0.717) is 31.6 Å². The van der Waals surface area contributed by atoms with E-state index in [9.17, 15) is 9.59 Å². The highest BCUT2D eigenvalue weighted by Crippen LogP contribution is 2.46. The molecule has 1 aromatic carbocycles. The number of nitrogens with one attached hydrogen (secondary N) is 1. The molecule has 1 amide bonds. The van der Waals surface area contributed by atoms with Crippen LogP contribution in [0.5, 0.6) is 0 Å². The molecule has 102 valence electrons. The normalized spacial score (nSPS) is 15.9. The van der Waals surface area contributed by atoms with Crippen LogP contribution in [0.2, 0.25) is 0 Å². The van der Waals surface area contributed by atoms with Gasteiger partial charge in [0.1, 0.15) is 5.41 Å². The summed E-state index contributed by atoms with van der Waals surface area (Å²) in [5.74, 6) is -1.55. The minimum Gasteiger partial charge on any atom is -0.480 e. The Morgan fingerprint density at radius 1 is 1.16 bits per heavy atom. The largest absolute Gasteiger partial charge is 0.480 e. The van der Waals surface area contributed by atoms with Crippen molar-refractivity contribution < 1.29 is 14.7 Å². The van der Waals surface area contributed by atoms with Crippen LogP contribution in [0.15, 0.2) is 18.2 Å². The highest BCUT2D eigenvalue weighted by atomic mass is 16.4. The Morgan fingerprint density at radius 3 is 2.05 bits per heavy atom. The SMILES string of the molecule is NCc1cc(CN)cc(NC(=O)C2(C(=O)O)CC2)c1. The average Bonchev–Trinajstić information content (AvgIpc) is 3.19. The van der Waals surface area contributed by atoms with Gasteiger partial charge in [-0.1, -0.05) is 6.07 Å². The Kier molecular flexibility index (Phi) is 3.55. The maximum atomic E-state index is 12.0. The number of anilines is 1. The van der Waals surface area contributed by atoms with Crippen LogP contribution in [0.25, 0.3) is 0 Å². The first kappa shape index (κ1) is 13.5. The summed E-state index contributed by atoms with van der Waals surface area (Å²) < 4.78 is 0. The quantitative estimate of drug-likeness (QED) is 0.574. The zero-order valence-corrected chi connectivity index (χ0v) is 10.5. The van der Waals surface area contributed by atoms with Gasteiger partial charge in [-0.2, -0.15) is 0 Å². The third-order valence-corrected chi connectivity index (χ3v) is 3.38. The fraction of sp³-hybridized carbons (Fsp3) is 0.385. The first-order chi connectivity index (χ1) is 9.01. The second kappa shape index (κ2) is 4.99. The number of hydrogen-bond donors (Lipinski definition) is 4. The molecule has 0 aromatic heterocycles. The number of rotatable bonds is 5. The van der Waals surface area contributed by atoms with Crippen molar-refractivity contribution in [3.63, 3.8) is 0 Å². The standard InChI is InChI=1S/C13H17N3O3/c14-6-8-3-9(7-15)5-10(4-8)16-11(17)13(1-2-13)12(18)19/h3-5H,1-2,6-7,14-15H2,(H,16,17)(H,18,19). The lowest BCUT2D eigenvalue weighted by Gasteiger charge is -2.13. The van der Waals surface area contributed by atoms with Crippen LogP contribution in [-0.2, 0) is 22.7 Å². The van der Waals surface area contributed by atoms with Gasteiger partial charge in [0.15, 0.2) is 0 Å². The molecule has 1 fully saturated rings. The first-order valence-corrected chi connectivity index (χ1v) is 6.09. The molecule has 0 radical (unpaired) electrons. The lowest BCUT2D eigenvalue weighted by atomic mass is 10.1. The van der Waals surface area contributed by atoms with E-state index in [4.69, 9.17) is 16.6 Å². The van der Waals surface area contributed by atoms with Crippen molar-refractivity contribution in [1.82, 2.24) is 0 Å². The Balaban J connectivity index is 2.19. The number of nitrogens with two attached hydrogens (primary N) is 2. The molecule has 0 aliphatic heterocycles. The van der Waals surface area contributed by atoms with Crippen LogP contribution in [0.3, 0.4) is 0 Å². The van der Waals surface area contributed by atoms with E-state index in [0.717, 1.165) is 11.1 Å². The number of carbonyl (C=O) groups is 2. The average molecular weight is 263 g/mol. The molecular weight excluding hydrogens is 246 g/mol. The van der Waals surface area contributed by atoms with Crippen LogP contribution in [0.4, 0.5) is 5.69 Å². The van der Waals surface area contributed by atoms with E-state index in [1.165, 1.54) is 0 Å². The second-order valence-electron chi connectivity index (χ2n) is 4.79. The number of benzene rings is 1. The van der Waals surface area contributed by atoms with Crippen LogP contribution >= 0.6 is 0 Å². The number of carboxylic acid groups (broad SMARTS) is 1. The number of hydrogen-bond acceptors (Lipinski definition) is 4. The third kappa shape index (κ3) is 2.59. The molecule has 6 nitrogen and oxygen atoms in total. The lowest BCUT2D eigenvalue weighted by Crippen LogP contribution is -2.31. The van der Waals surface area contributed by atoms with Gasteiger partial charge >= 0.3 is 5.97 Å². The molecule has 6 heteroatoms. The molecule has 2 rings (SSSR count). The van der Waals surface area contributed by atoms with E-state index in [1.807, 2.05) is 6.07 Å². The van der Waals surface area contributed by atoms with Gasteiger partial charge < -0.3 is 21.9 Å². The highest BCUT2D eigenvalue weighted by Gasteiger charge is 2.57. The number of carbonyl (C=O) groups excluding carboxylic acids is 1. The Morgan fingerprint density at radius 2 is 1.68 bits per heavy atom. The van der Waals surface area contributed by atoms with E-state index >= 15 is 0 Å². The molecule has 0 bridgehead atoms. The number of aliphatic carboxylic acids is 1. The molecule has 0 spiro atoms. The van der Waals surface area contributed by atoms with E-state index in [1.54, 1.807) is 12.1 Å². The summed E-state index contributed by atoms with van der Waals surface area (Å²) in [4.78, 5) is 23.0. The molecule has 1 aromatic rings. The molecule has 0 heterocycles. The van der Waals surface area contributed by atoms with Gasteiger partial charge in [-0.25, -0.2) is 0 Å². The van der Waals surface area contributed by atoms with Crippen LogP contribution in [0, 0.1) is 5.41 Å². The minimum atomic E-state index is -1.25. The van der Waals surface area contributed by atoms with E-state index < -0.39 is 17.3 Å². The summed E-state index contributed by atoms with van der Waals surface area (Å²) >= 11 is 0. The summed E-state index contributed by atoms with van der Waals surface area (Å²) in [6, 6.07) is 5.32. The van der Waals surface area contributed by atoms with Crippen LogP contribution in [0.1, 0.15) is 24.0 Å². The van der Waals surface area contributed by atoms with Crippen molar-refractivity contribution >= 4 is 17.6 Å². The topological polar surface area (TPSA) is 118 Å². The molecular formula is C13H17N3O3. The summed E-state index contributed by atoms with van der Waals surface area (Å²) in [6.45, 7) is 0.668. The van der Waals surface area contributed by atoms with Gasteiger partial charge in [0.25, 0.3) is 0 Å². The zero-order valence-electron chi connectivity index (χ0n) is 10.5. The molecule has 1 aliphatic rings. The maximum absolute atomic E-state index is 12.0. The molecule has 0 saturated heterocycles. The van der Waals surface area contributed by atoms with Gasteiger partial charge in [0.05, 0.1) is 0 Å². The fourth-order valence-electron chi connectivity index (χ4n) is 1.98. The van der Waals surface area contributed by atoms with Crippen molar-refractivity contribution in [2.45, 2.75) is 25.9 Å². The van der Waals surface area contributed by atoms with Gasteiger partial charge in [0, 0.05) is 18.8 Å². The molecule has 0 atom stereocenters. The van der Waals surface area contributed by atoms with Crippen molar-refractivity contribution in [3.05, 3.63) is 29.3 Å². The predicted molar refractivity (Wildman–Crippen MR) is 70.2 cm³/mol. The summed E-state index contributed by atoms with van der Waals surface area (Å²) in [5.41, 5.74) is 12.1. The Bertz CT molecular complexity index is 502. The Labute approximate surface area is 110 Å². The summed E-state index contributed by atoms with van der Waals surface area (Å²) in [7, 11) is 0. The summed E-state index contributed by atoms with van der Waals surface area (Å²) in [6.07, 6.45) is 0.767. The maximum Gasteiger partial charge on any atom is 0.319 e. The monoisotopic (exact) mass is 263 g/mol. The molecule has 0 unspecified atom stereocenters. The smallest absolute Gasteiger partial charge is 0.319 e. The highest BCUT2D eigenvalue weighted by molar-refractivity contribution is 6.10. The predicted octanol–water partition coefficient (Wildman–Crippen LogP) is 0.407. The first-order valence-electron chi connectivity index (χ1n) is 6.09. The number of amides is 1. The van der Waals surface area contributed by atoms with Gasteiger partial charge in [-0.05, 0) is 36.1 Å². The van der Waals surface area contributed by atoms with Crippen molar-refractivity contribution in [1.29, 1.82) is 0 Å². The van der Waals surface area contributed by atoms with Gasteiger partial charge in [0.2, 0.25) is 5.91 Å². The zero-order chi connectivity index (χ0) is 14.0. The molecule has 1 aliphatic carbocycles. The summed E-state index contributed by atoms with van der Waals surface area (Å²) in [5, 5.41) is 11.7. The van der Waals surface area contributed by atoms with Crippen molar-refractivity contribution in [3.8, 4) is 0 Å². The third-order valence-electron chi connectivity index (χ3n) is 3.38. The van der Waals surface area contributed by atoms with E-state index in [-0.39, 0.29) is 0 Å². The van der Waals surface area contributed by atoms with E-state index in [2.05, 4.69) is 5.32 Å². The van der Waals surface area contributed by atoms with Crippen LogP contribution in [-0.4, -0.2) is 17.0 Å². The number of carboxylic acids is 1. The van der Waals surface area contributed by atoms with Gasteiger partial charge in [-0.15, -0.1) is 0 Å². The second-order valence-corrected chi connectivity index (χ2v) is 4.79. The van der Waals surface area contributed by atoms with Crippen molar-refractivity contribution in [2.24, 2.45) is 16.9 Å². The Hall–Kier alpha value is -1.92. The minimum absolute atomic E-state index is 0.334. The lowest BCUT2D eigenvalue weighted by molar-refractivity contribution is -0.147. The van der Waals surface area contributed by atoms with Crippen LogP contribution < -0.4 is 16.8 Å².